The third-order valence-corrected chi connectivity index (χ3v) is 4.46. The summed E-state index contributed by atoms with van der Waals surface area (Å²) in [4.78, 5) is 4.42. The van der Waals surface area contributed by atoms with Gasteiger partial charge in [0.25, 0.3) is 0 Å². The van der Waals surface area contributed by atoms with E-state index in [9.17, 15) is 0 Å². The zero-order chi connectivity index (χ0) is 12.8. The van der Waals surface area contributed by atoms with Crippen LogP contribution in [0.1, 0.15) is 51.1 Å². The molecule has 0 radical (unpaired) electrons. The highest BCUT2D eigenvalue weighted by molar-refractivity contribution is 9.10. The fourth-order valence-corrected chi connectivity index (χ4v) is 3.16. The maximum absolute atomic E-state index is 4.42. The molecule has 100 valence electrons. The molecule has 1 fully saturated rings. The maximum Gasteiger partial charge on any atom is 0.0542 e. The van der Waals surface area contributed by atoms with Crippen molar-refractivity contribution in [3.05, 3.63) is 28.5 Å². The highest BCUT2D eigenvalue weighted by Gasteiger charge is 2.21. The van der Waals surface area contributed by atoms with Crippen LogP contribution < -0.4 is 5.32 Å². The van der Waals surface area contributed by atoms with E-state index in [1.807, 2.05) is 6.20 Å². The Morgan fingerprint density at radius 2 is 2.11 bits per heavy atom. The average Bonchev–Trinajstić information content (AvgIpc) is 2.43. The van der Waals surface area contributed by atoms with Crippen molar-refractivity contribution in [3.8, 4) is 0 Å². The number of aromatic nitrogens is 1. The Hall–Kier alpha value is -0.410. The molecule has 1 aromatic rings. The molecule has 0 aliphatic heterocycles. The van der Waals surface area contributed by atoms with Gasteiger partial charge in [-0.15, -0.1) is 0 Å². The van der Waals surface area contributed by atoms with Crippen LogP contribution in [0, 0.1) is 5.92 Å². The van der Waals surface area contributed by atoms with Crippen LogP contribution in [-0.4, -0.2) is 11.0 Å². The van der Waals surface area contributed by atoms with Crippen molar-refractivity contribution in [2.45, 2.75) is 58.0 Å². The first-order chi connectivity index (χ1) is 8.79. The Morgan fingerprint density at radius 1 is 1.33 bits per heavy atom. The summed E-state index contributed by atoms with van der Waals surface area (Å²) in [6.45, 7) is 3.18. The van der Waals surface area contributed by atoms with E-state index in [0.717, 1.165) is 22.6 Å². The molecule has 1 saturated carbocycles. The molecule has 0 aromatic carbocycles. The van der Waals surface area contributed by atoms with Crippen molar-refractivity contribution >= 4 is 15.9 Å². The third-order valence-electron chi connectivity index (χ3n) is 3.99. The summed E-state index contributed by atoms with van der Waals surface area (Å²) in [6.07, 6.45) is 10.2. The topological polar surface area (TPSA) is 24.9 Å². The van der Waals surface area contributed by atoms with E-state index in [-0.39, 0.29) is 0 Å². The predicted octanol–water partition coefficient (Wildman–Crippen LogP) is 4.29. The van der Waals surface area contributed by atoms with Gasteiger partial charge in [0.15, 0.2) is 0 Å². The fourth-order valence-electron chi connectivity index (χ4n) is 2.93. The molecule has 1 unspecified atom stereocenters. The summed E-state index contributed by atoms with van der Waals surface area (Å²) in [6, 6.07) is 4.81. The van der Waals surface area contributed by atoms with Gasteiger partial charge in [0.05, 0.1) is 5.69 Å². The van der Waals surface area contributed by atoms with Crippen LogP contribution in [0.15, 0.2) is 22.8 Å². The van der Waals surface area contributed by atoms with Crippen LogP contribution in [0.4, 0.5) is 0 Å². The van der Waals surface area contributed by atoms with Gasteiger partial charge in [-0.3, -0.25) is 4.98 Å². The highest BCUT2D eigenvalue weighted by atomic mass is 79.9. The van der Waals surface area contributed by atoms with Crippen molar-refractivity contribution in [1.82, 2.24) is 10.3 Å². The number of hydrogen-bond acceptors (Lipinski definition) is 2. The van der Waals surface area contributed by atoms with Gasteiger partial charge in [0, 0.05) is 23.3 Å². The van der Waals surface area contributed by atoms with Crippen molar-refractivity contribution in [3.63, 3.8) is 0 Å². The highest BCUT2D eigenvalue weighted by Crippen LogP contribution is 2.27. The zero-order valence-corrected chi connectivity index (χ0v) is 12.7. The van der Waals surface area contributed by atoms with Crippen LogP contribution in [0.5, 0.6) is 0 Å². The summed E-state index contributed by atoms with van der Waals surface area (Å²) in [7, 11) is 0. The second-order valence-electron chi connectivity index (χ2n) is 5.26. The lowest BCUT2D eigenvalue weighted by Crippen LogP contribution is -2.36. The van der Waals surface area contributed by atoms with Crippen LogP contribution in [0.2, 0.25) is 0 Å². The second kappa shape index (κ2) is 7.25. The third kappa shape index (κ3) is 4.06. The van der Waals surface area contributed by atoms with Gasteiger partial charge in [-0.05, 0) is 53.2 Å². The minimum atomic E-state index is 0.663. The monoisotopic (exact) mass is 310 g/mol. The average molecular weight is 311 g/mol. The van der Waals surface area contributed by atoms with Crippen molar-refractivity contribution < 1.29 is 0 Å². The molecule has 1 aromatic heterocycles. The molecule has 1 heterocycles. The van der Waals surface area contributed by atoms with Crippen LogP contribution >= 0.6 is 15.9 Å². The largest absolute Gasteiger partial charge is 0.308 e. The summed E-state index contributed by atoms with van der Waals surface area (Å²) in [5, 5.41) is 3.70. The van der Waals surface area contributed by atoms with Gasteiger partial charge in [0.1, 0.15) is 0 Å². The molecule has 0 amide bonds. The molecule has 0 bridgehead atoms. The normalized spacial score (nSPS) is 18.8. The Morgan fingerprint density at radius 3 is 2.72 bits per heavy atom. The number of rotatable bonds is 5. The molecule has 1 aliphatic carbocycles. The first-order valence-corrected chi connectivity index (χ1v) is 7.92. The number of nitrogens with zero attached hydrogens (tertiary/aromatic N) is 1. The summed E-state index contributed by atoms with van der Waals surface area (Å²) >= 11 is 3.42. The Balaban J connectivity index is 1.84. The van der Waals surface area contributed by atoms with Crippen molar-refractivity contribution in [2.75, 3.05) is 0 Å². The summed E-state index contributed by atoms with van der Waals surface area (Å²) < 4.78 is 1.05. The minimum Gasteiger partial charge on any atom is -0.308 e. The standard InChI is InChI=1S/C15H23BrN2/c1-2-15(12-6-4-3-5-7-12)18-11-14-9-8-13(16)10-17-14/h8-10,12,15,18H,2-7,11H2,1H3. The van der Waals surface area contributed by atoms with E-state index in [1.54, 1.807) is 0 Å². The maximum atomic E-state index is 4.42. The van der Waals surface area contributed by atoms with E-state index in [2.05, 4.69) is 45.3 Å². The van der Waals surface area contributed by atoms with E-state index in [1.165, 1.54) is 38.5 Å². The molecule has 3 heteroatoms. The molecular formula is C15H23BrN2. The van der Waals surface area contributed by atoms with Crippen LogP contribution in [-0.2, 0) is 6.54 Å². The van der Waals surface area contributed by atoms with Crippen LogP contribution in [0.25, 0.3) is 0 Å². The van der Waals surface area contributed by atoms with Crippen LogP contribution in [0.3, 0.4) is 0 Å². The molecule has 1 N–H and O–H groups in total. The Kier molecular flexibility index (Phi) is 5.64. The van der Waals surface area contributed by atoms with Gasteiger partial charge >= 0.3 is 0 Å². The molecule has 18 heavy (non-hydrogen) atoms. The molecule has 0 spiro atoms. The fraction of sp³-hybridized carbons (Fsp3) is 0.667. The predicted molar refractivity (Wildman–Crippen MR) is 79.4 cm³/mol. The first-order valence-electron chi connectivity index (χ1n) is 7.13. The van der Waals surface area contributed by atoms with Crippen molar-refractivity contribution in [1.29, 1.82) is 0 Å². The molecular weight excluding hydrogens is 288 g/mol. The second-order valence-corrected chi connectivity index (χ2v) is 6.18. The summed E-state index contributed by atoms with van der Waals surface area (Å²) in [5.41, 5.74) is 1.13. The van der Waals surface area contributed by atoms with E-state index in [0.29, 0.717) is 6.04 Å². The molecule has 1 aliphatic rings. The Bertz CT molecular complexity index is 344. The molecule has 2 rings (SSSR count). The van der Waals surface area contributed by atoms with Gasteiger partial charge in [0.2, 0.25) is 0 Å². The number of nitrogens with one attached hydrogen (secondary N) is 1. The van der Waals surface area contributed by atoms with E-state index in [4.69, 9.17) is 0 Å². The lowest BCUT2D eigenvalue weighted by molar-refractivity contribution is 0.261. The molecule has 2 nitrogen and oxygen atoms in total. The molecule has 0 saturated heterocycles. The number of halogens is 1. The molecule has 1 atom stereocenters. The van der Waals surface area contributed by atoms with Gasteiger partial charge in [-0.25, -0.2) is 0 Å². The van der Waals surface area contributed by atoms with Gasteiger partial charge < -0.3 is 5.32 Å². The van der Waals surface area contributed by atoms with Gasteiger partial charge in [-0.2, -0.15) is 0 Å². The summed E-state index contributed by atoms with van der Waals surface area (Å²) in [5.74, 6) is 0.874. The van der Waals surface area contributed by atoms with E-state index >= 15 is 0 Å². The Labute approximate surface area is 119 Å². The lowest BCUT2D eigenvalue weighted by Gasteiger charge is -2.30. The quantitative estimate of drug-likeness (QED) is 0.877. The smallest absolute Gasteiger partial charge is 0.0542 e. The lowest BCUT2D eigenvalue weighted by atomic mass is 9.83. The van der Waals surface area contributed by atoms with Crippen molar-refractivity contribution in [2.24, 2.45) is 5.92 Å². The number of hydrogen-bond donors (Lipinski definition) is 1. The SMILES string of the molecule is CCC(NCc1ccc(Br)cn1)C1CCCCC1. The minimum absolute atomic E-state index is 0.663. The van der Waals surface area contributed by atoms with E-state index < -0.39 is 0 Å². The first kappa shape index (κ1) is 14.0. The number of pyridine rings is 1. The van der Waals surface area contributed by atoms with Gasteiger partial charge in [-0.1, -0.05) is 26.2 Å². The zero-order valence-electron chi connectivity index (χ0n) is 11.2.